The zero-order valence-corrected chi connectivity index (χ0v) is 43.9. The molecule has 3 saturated heterocycles. The molecule has 7 aliphatic rings. The molecule has 0 radical (unpaired) electrons. The molecule has 20 heteroatoms. The van der Waals surface area contributed by atoms with Gasteiger partial charge in [0.05, 0.1) is 37.6 Å². The molecule has 0 saturated carbocycles. The minimum atomic E-state index is -1.16. The first-order chi connectivity index (χ1) is 34.1. The largest absolute Gasteiger partial charge is 0.493 e. The SMILES string of the molecule is CN1C(=O)C2(CC3(CCCOC3)Oc3ccc(Br)cc32)N=C1N.[C-]#[N+]c1cc(Cl)cc(-c2ccc3c(c2)C2(CC4(CCCOC4)O3)N=C(N)N(C)C2=O)c1.[C-]#[N+]c1cc(Cl)cc(B2OC(C)(C)C(C)(C)O2)c1. The Hall–Kier alpha value is -5.70. The Labute approximate surface area is 437 Å². The minimum Gasteiger partial charge on any atom is -0.484 e. The molecule has 4 aromatic rings. The van der Waals surface area contributed by atoms with Gasteiger partial charge in [0.2, 0.25) is 0 Å². The molecule has 72 heavy (non-hydrogen) atoms. The van der Waals surface area contributed by atoms with Crippen molar-refractivity contribution >= 4 is 86.8 Å². The minimum absolute atomic E-state index is 0.109. The summed E-state index contributed by atoms with van der Waals surface area (Å²) < 4.78 is 36.8. The number of nitrogens with two attached hydrogens (primary N) is 2. The number of ether oxygens (including phenoxy) is 4. The summed E-state index contributed by atoms with van der Waals surface area (Å²) in [5, 5.41) is 0.998. The van der Waals surface area contributed by atoms with Crippen LogP contribution in [-0.2, 0) is 39.4 Å². The van der Waals surface area contributed by atoms with Gasteiger partial charge in [-0.2, -0.15) is 0 Å². The molecular formula is C52H54BBrCl2N8O8. The number of amides is 2. The van der Waals surface area contributed by atoms with Gasteiger partial charge in [-0.3, -0.25) is 19.4 Å². The Kier molecular flexibility index (Phi) is 13.5. The van der Waals surface area contributed by atoms with E-state index in [2.05, 4.69) is 35.6 Å². The monoisotopic (exact) mass is 1080 g/mol. The van der Waals surface area contributed by atoms with Crippen molar-refractivity contribution < 1.29 is 37.8 Å². The van der Waals surface area contributed by atoms with E-state index in [1.807, 2.05) is 64.1 Å². The molecule has 7 heterocycles. The summed E-state index contributed by atoms with van der Waals surface area (Å²) in [6, 6.07) is 21.7. The van der Waals surface area contributed by atoms with E-state index in [0.29, 0.717) is 71.1 Å². The summed E-state index contributed by atoms with van der Waals surface area (Å²) >= 11 is 15.7. The van der Waals surface area contributed by atoms with Crippen LogP contribution in [0.4, 0.5) is 11.4 Å². The molecule has 11 rings (SSSR count). The number of rotatable bonds is 2. The summed E-state index contributed by atoms with van der Waals surface area (Å²) in [7, 11) is 2.82. The van der Waals surface area contributed by atoms with Crippen LogP contribution >= 0.6 is 39.1 Å². The van der Waals surface area contributed by atoms with Crippen molar-refractivity contribution in [3.05, 3.63) is 121 Å². The van der Waals surface area contributed by atoms with Crippen LogP contribution in [0.25, 0.3) is 20.8 Å². The first-order valence-corrected chi connectivity index (χ1v) is 25.1. The third-order valence-corrected chi connectivity index (χ3v) is 15.6. The molecule has 0 aromatic heterocycles. The van der Waals surface area contributed by atoms with E-state index in [1.165, 1.54) is 9.80 Å². The number of carbonyl (C=O) groups is 2. The van der Waals surface area contributed by atoms with Crippen LogP contribution in [0, 0.1) is 13.1 Å². The number of carbonyl (C=O) groups excluding carboxylic acids is 2. The Bertz CT molecular complexity index is 3000. The van der Waals surface area contributed by atoms with E-state index >= 15 is 0 Å². The number of halogens is 3. The summed E-state index contributed by atoms with van der Waals surface area (Å²) in [5.41, 5.74) is 12.7. The van der Waals surface area contributed by atoms with Gasteiger partial charge in [0.1, 0.15) is 22.7 Å². The van der Waals surface area contributed by atoms with E-state index in [0.717, 1.165) is 58.9 Å². The number of nitrogens with zero attached hydrogens (tertiary/aromatic N) is 6. The maximum absolute atomic E-state index is 13.5. The van der Waals surface area contributed by atoms with Crippen LogP contribution < -0.4 is 26.4 Å². The lowest BCUT2D eigenvalue weighted by Crippen LogP contribution is -2.55. The lowest BCUT2D eigenvalue weighted by Gasteiger charge is -2.46. The van der Waals surface area contributed by atoms with Crippen molar-refractivity contribution in [2.24, 2.45) is 21.5 Å². The van der Waals surface area contributed by atoms with Gasteiger partial charge < -0.3 is 39.7 Å². The predicted molar refractivity (Wildman–Crippen MR) is 279 cm³/mol. The first kappa shape index (κ1) is 51.2. The van der Waals surface area contributed by atoms with Crippen LogP contribution in [0.15, 0.2) is 87.3 Å². The lowest BCUT2D eigenvalue weighted by molar-refractivity contribution is -0.139. The number of hydrogen-bond acceptors (Lipinski definition) is 12. The van der Waals surface area contributed by atoms with Gasteiger partial charge in [-0.25, -0.2) is 19.7 Å². The number of aliphatic imine (C=N–C) groups is 2. The topological polar surface area (TPSA) is 181 Å². The highest BCUT2D eigenvalue weighted by Gasteiger charge is 2.60. The molecule has 4 spiro atoms. The molecule has 3 fully saturated rings. The van der Waals surface area contributed by atoms with Crippen molar-refractivity contribution in [2.45, 2.75) is 99.7 Å². The van der Waals surface area contributed by atoms with Crippen molar-refractivity contribution in [1.82, 2.24) is 9.80 Å². The maximum Gasteiger partial charge on any atom is 0.493 e. The van der Waals surface area contributed by atoms with Crippen molar-refractivity contribution in [3.63, 3.8) is 0 Å². The standard InChI is InChI=1S/C23H21ClN4O3.C16H18BrN3O3.C13H15BClNO2/c1-26-17-9-15(8-16(24)11-17)14-4-5-19-18(10-14)23(20(29)28(2)21(25)27-23)12-22(31-19)6-3-7-30-13-22;1-20-13(21)16(19-14(20)18)8-15(5-2-6-22-9-15)23-12-4-3-10(17)7-11(12)16;1-12(2)13(3,4)18-14(17-12)9-6-10(15)8-11(7-9)16-5/h4-5,8-11H,3,6-7,12-13H2,2H3,(H2,25,27);3-4,7H,2,5-6,8-9H2,1H3,(H2,18,19);6-8H,1-4H3. The van der Waals surface area contributed by atoms with E-state index in [9.17, 15) is 9.59 Å². The Morgan fingerprint density at radius 3 is 1.62 bits per heavy atom. The fraction of sp³-hybridized carbons (Fsp3) is 0.423. The fourth-order valence-electron chi connectivity index (χ4n) is 10.4. The molecule has 4 unspecified atom stereocenters. The van der Waals surface area contributed by atoms with Crippen LogP contribution in [0.5, 0.6) is 11.5 Å². The summed E-state index contributed by atoms with van der Waals surface area (Å²) in [6.07, 6.45) is 4.21. The lowest BCUT2D eigenvalue weighted by atomic mass is 9.74. The van der Waals surface area contributed by atoms with Crippen molar-refractivity contribution in [2.75, 3.05) is 40.5 Å². The Morgan fingerprint density at radius 2 is 1.15 bits per heavy atom. The second-order valence-corrected chi connectivity index (χ2v) is 22.0. The van der Waals surface area contributed by atoms with Crippen LogP contribution in [0.3, 0.4) is 0 Å². The van der Waals surface area contributed by atoms with Gasteiger partial charge in [-0.1, -0.05) is 51.3 Å². The third kappa shape index (κ3) is 9.21. The normalized spacial score (nSPS) is 27.3. The van der Waals surface area contributed by atoms with Crippen LogP contribution in [-0.4, -0.2) is 104 Å². The third-order valence-electron chi connectivity index (χ3n) is 14.7. The van der Waals surface area contributed by atoms with Gasteiger partial charge in [-0.05, 0) is 131 Å². The molecule has 0 bridgehead atoms. The second kappa shape index (κ2) is 19.0. The van der Waals surface area contributed by atoms with Gasteiger partial charge >= 0.3 is 7.12 Å². The molecule has 2 amide bonds. The number of hydrogen-bond donors (Lipinski definition) is 2. The summed E-state index contributed by atoms with van der Waals surface area (Å²) in [5.74, 6) is 1.44. The molecular weight excluding hydrogens is 1030 g/mol. The Balaban J connectivity index is 0.000000139. The predicted octanol–water partition coefficient (Wildman–Crippen LogP) is 8.82. The van der Waals surface area contributed by atoms with E-state index < -0.39 is 40.6 Å². The van der Waals surface area contributed by atoms with Crippen molar-refractivity contribution in [3.8, 4) is 22.6 Å². The molecule has 4 aromatic carbocycles. The van der Waals surface area contributed by atoms with E-state index in [1.54, 1.807) is 50.5 Å². The van der Waals surface area contributed by atoms with Crippen LogP contribution in [0.2, 0.25) is 10.0 Å². The molecule has 4 N–H and O–H groups in total. The zero-order chi connectivity index (χ0) is 51.6. The number of guanidine groups is 2. The summed E-state index contributed by atoms with van der Waals surface area (Å²) in [6.45, 7) is 24.6. The molecule has 4 atom stereocenters. The van der Waals surface area contributed by atoms with Gasteiger partial charge in [0.15, 0.2) is 34.4 Å². The quantitative estimate of drug-likeness (QED) is 0.145. The molecule has 7 aliphatic heterocycles. The molecule has 16 nitrogen and oxygen atoms in total. The highest BCUT2D eigenvalue weighted by atomic mass is 79.9. The average molecular weight is 1080 g/mol. The highest BCUT2D eigenvalue weighted by Crippen LogP contribution is 2.53. The maximum atomic E-state index is 13.5. The number of fused-ring (bicyclic) bond motifs is 4. The molecule has 0 aliphatic carbocycles. The zero-order valence-electron chi connectivity index (χ0n) is 40.8. The van der Waals surface area contributed by atoms with Gasteiger partial charge in [0, 0.05) is 65.8 Å². The Morgan fingerprint density at radius 1 is 0.667 bits per heavy atom. The van der Waals surface area contributed by atoms with Gasteiger partial charge in [0.25, 0.3) is 11.8 Å². The smallest absolute Gasteiger partial charge is 0.484 e. The molecule has 374 valence electrons. The first-order valence-electron chi connectivity index (χ1n) is 23.5. The second-order valence-electron chi connectivity index (χ2n) is 20.2. The van der Waals surface area contributed by atoms with E-state index in [-0.39, 0.29) is 23.7 Å². The van der Waals surface area contributed by atoms with Crippen LogP contribution in [0.1, 0.15) is 77.3 Å². The van der Waals surface area contributed by atoms with E-state index in [4.69, 9.17) is 76.1 Å². The van der Waals surface area contributed by atoms with Crippen molar-refractivity contribution in [1.29, 1.82) is 0 Å². The van der Waals surface area contributed by atoms with Gasteiger partial charge in [-0.15, -0.1) is 0 Å². The summed E-state index contributed by atoms with van der Waals surface area (Å²) in [4.78, 5) is 45.4. The highest BCUT2D eigenvalue weighted by molar-refractivity contribution is 9.10. The number of benzene rings is 4. The average Bonchev–Trinajstić information content (AvgIpc) is 3.80. The number of likely N-dealkylation sites (N-methyl/N-ethyl adjacent to an activating group) is 2. The fourth-order valence-corrected chi connectivity index (χ4v) is 11.2.